The SMILES string of the molecule is COc1ccc([C@@H]2NC(=O)[C@H]3CCCCN32)cc1Br. The normalized spacial score (nSPS) is 26.9. The molecule has 19 heavy (non-hydrogen) atoms. The van der Waals surface area contributed by atoms with Crippen molar-refractivity contribution in [2.75, 3.05) is 13.7 Å². The van der Waals surface area contributed by atoms with E-state index in [1.807, 2.05) is 18.2 Å². The Morgan fingerprint density at radius 2 is 2.26 bits per heavy atom. The maximum atomic E-state index is 12.0. The van der Waals surface area contributed by atoms with Crippen LogP contribution in [0.15, 0.2) is 22.7 Å². The van der Waals surface area contributed by atoms with Gasteiger partial charge < -0.3 is 10.1 Å². The molecule has 3 rings (SSSR count). The van der Waals surface area contributed by atoms with Crippen LogP contribution in [0.4, 0.5) is 0 Å². The number of rotatable bonds is 2. The summed E-state index contributed by atoms with van der Waals surface area (Å²) < 4.78 is 6.16. The molecule has 2 aliphatic rings. The molecule has 0 saturated carbocycles. The van der Waals surface area contributed by atoms with E-state index in [1.165, 1.54) is 6.42 Å². The predicted molar refractivity (Wildman–Crippen MR) is 75.9 cm³/mol. The van der Waals surface area contributed by atoms with Crippen molar-refractivity contribution in [3.05, 3.63) is 28.2 Å². The van der Waals surface area contributed by atoms with Gasteiger partial charge >= 0.3 is 0 Å². The fourth-order valence-electron chi connectivity index (χ4n) is 2.99. The van der Waals surface area contributed by atoms with Gasteiger partial charge in [0.15, 0.2) is 0 Å². The fourth-order valence-corrected chi connectivity index (χ4v) is 3.54. The largest absolute Gasteiger partial charge is 0.496 e. The molecule has 2 fully saturated rings. The Morgan fingerprint density at radius 3 is 3.00 bits per heavy atom. The number of nitrogens with zero attached hydrogens (tertiary/aromatic N) is 1. The molecule has 0 aliphatic carbocycles. The third-order valence-corrected chi connectivity index (χ3v) is 4.57. The van der Waals surface area contributed by atoms with Crippen molar-refractivity contribution < 1.29 is 9.53 Å². The van der Waals surface area contributed by atoms with E-state index in [0.29, 0.717) is 0 Å². The molecule has 2 saturated heterocycles. The number of hydrogen-bond acceptors (Lipinski definition) is 3. The number of ether oxygens (including phenoxy) is 1. The number of piperidine rings is 1. The number of carbonyl (C=O) groups excluding carboxylic acids is 1. The molecular formula is C14H17BrN2O2. The first-order valence-electron chi connectivity index (χ1n) is 6.60. The first kappa shape index (κ1) is 12.9. The van der Waals surface area contributed by atoms with Crippen LogP contribution in [0.1, 0.15) is 31.0 Å². The Morgan fingerprint density at radius 1 is 1.42 bits per heavy atom. The minimum Gasteiger partial charge on any atom is -0.496 e. The average Bonchev–Trinajstić information content (AvgIpc) is 2.77. The molecule has 0 unspecified atom stereocenters. The number of benzene rings is 1. The van der Waals surface area contributed by atoms with Gasteiger partial charge in [0.1, 0.15) is 11.9 Å². The zero-order valence-corrected chi connectivity index (χ0v) is 12.4. The third-order valence-electron chi connectivity index (χ3n) is 3.95. The molecule has 0 aromatic heterocycles. The lowest BCUT2D eigenvalue weighted by molar-refractivity contribution is -0.122. The van der Waals surface area contributed by atoms with Gasteiger partial charge in [-0.1, -0.05) is 12.5 Å². The van der Waals surface area contributed by atoms with Crippen LogP contribution in [0.2, 0.25) is 0 Å². The molecule has 2 aliphatic heterocycles. The molecule has 5 heteroatoms. The highest BCUT2D eigenvalue weighted by molar-refractivity contribution is 9.10. The van der Waals surface area contributed by atoms with Crippen LogP contribution in [0.25, 0.3) is 0 Å². The summed E-state index contributed by atoms with van der Waals surface area (Å²) in [5, 5.41) is 3.10. The third kappa shape index (κ3) is 2.25. The number of fused-ring (bicyclic) bond motifs is 1. The van der Waals surface area contributed by atoms with E-state index in [4.69, 9.17) is 4.74 Å². The summed E-state index contributed by atoms with van der Waals surface area (Å²) in [6.45, 7) is 0.984. The lowest BCUT2D eigenvalue weighted by Gasteiger charge is -2.31. The highest BCUT2D eigenvalue weighted by atomic mass is 79.9. The summed E-state index contributed by atoms with van der Waals surface area (Å²) in [7, 11) is 1.65. The lowest BCUT2D eigenvalue weighted by Crippen LogP contribution is -2.38. The van der Waals surface area contributed by atoms with Gasteiger partial charge in [0, 0.05) is 6.54 Å². The number of amides is 1. The summed E-state index contributed by atoms with van der Waals surface area (Å²) >= 11 is 3.50. The highest BCUT2D eigenvalue weighted by Gasteiger charge is 2.41. The Balaban J connectivity index is 1.89. The van der Waals surface area contributed by atoms with Crippen LogP contribution >= 0.6 is 15.9 Å². The van der Waals surface area contributed by atoms with Gasteiger partial charge in [0.25, 0.3) is 0 Å². The summed E-state index contributed by atoms with van der Waals surface area (Å²) in [6.07, 6.45) is 3.28. The van der Waals surface area contributed by atoms with Gasteiger partial charge in [-0.15, -0.1) is 0 Å². The highest BCUT2D eigenvalue weighted by Crippen LogP contribution is 2.35. The van der Waals surface area contributed by atoms with E-state index < -0.39 is 0 Å². The molecular weight excluding hydrogens is 308 g/mol. The minimum atomic E-state index is 0.00000567. The van der Waals surface area contributed by atoms with Gasteiger partial charge in [-0.05, 0) is 46.5 Å². The van der Waals surface area contributed by atoms with Crippen LogP contribution in [0.5, 0.6) is 5.75 Å². The first-order chi connectivity index (χ1) is 9.20. The predicted octanol–water partition coefficient (Wildman–Crippen LogP) is 2.44. The van der Waals surface area contributed by atoms with Crippen molar-refractivity contribution >= 4 is 21.8 Å². The van der Waals surface area contributed by atoms with Crippen molar-refractivity contribution in [3.63, 3.8) is 0 Å². The van der Waals surface area contributed by atoms with E-state index in [-0.39, 0.29) is 18.1 Å². The molecule has 2 atom stereocenters. The summed E-state index contributed by atoms with van der Waals surface area (Å²) in [4.78, 5) is 14.3. The van der Waals surface area contributed by atoms with Crippen molar-refractivity contribution in [1.29, 1.82) is 0 Å². The average molecular weight is 325 g/mol. The fraction of sp³-hybridized carbons (Fsp3) is 0.500. The first-order valence-corrected chi connectivity index (χ1v) is 7.39. The Kier molecular flexibility index (Phi) is 3.50. The Hall–Kier alpha value is -1.07. The van der Waals surface area contributed by atoms with Crippen molar-refractivity contribution in [3.8, 4) is 5.75 Å². The summed E-state index contributed by atoms with van der Waals surface area (Å²) in [5.41, 5.74) is 1.10. The van der Waals surface area contributed by atoms with E-state index in [9.17, 15) is 4.79 Å². The number of halogens is 1. The molecule has 4 nitrogen and oxygen atoms in total. The zero-order valence-electron chi connectivity index (χ0n) is 10.9. The Bertz CT molecular complexity index is 506. The molecule has 0 bridgehead atoms. The van der Waals surface area contributed by atoms with E-state index in [2.05, 4.69) is 26.1 Å². The smallest absolute Gasteiger partial charge is 0.238 e. The molecule has 102 valence electrons. The molecule has 0 radical (unpaired) electrons. The van der Waals surface area contributed by atoms with E-state index in [1.54, 1.807) is 7.11 Å². The van der Waals surface area contributed by atoms with Crippen molar-refractivity contribution in [1.82, 2.24) is 10.2 Å². The standard InChI is InChI=1S/C14H17BrN2O2/c1-19-12-6-5-9(8-10(12)15)13-16-14(18)11-4-2-3-7-17(11)13/h5-6,8,11,13H,2-4,7H2,1H3,(H,16,18)/t11-,13-/m1/s1. The summed E-state index contributed by atoms with van der Waals surface area (Å²) in [5.74, 6) is 0.972. The lowest BCUT2D eigenvalue weighted by atomic mass is 10.0. The van der Waals surface area contributed by atoms with Crippen LogP contribution in [-0.4, -0.2) is 30.5 Å². The molecule has 2 heterocycles. The quantitative estimate of drug-likeness (QED) is 0.908. The molecule has 0 spiro atoms. The zero-order chi connectivity index (χ0) is 13.4. The van der Waals surface area contributed by atoms with Crippen molar-refractivity contribution in [2.45, 2.75) is 31.5 Å². The monoisotopic (exact) mass is 324 g/mol. The summed E-state index contributed by atoms with van der Waals surface area (Å²) in [6, 6.07) is 6.04. The van der Waals surface area contributed by atoms with Crippen LogP contribution < -0.4 is 10.1 Å². The number of hydrogen-bond donors (Lipinski definition) is 1. The second-order valence-electron chi connectivity index (χ2n) is 5.05. The maximum absolute atomic E-state index is 12.0. The number of methoxy groups -OCH3 is 1. The van der Waals surface area contributed by atoms with Gasteiger partial charge in [-0.2, -0.15) is 0 Å². The molecule has 1 N–H and O–H groups in total. The molecule has 1 amide bonds. The van der Waals surface area contributed by atoms with Gasteiger partial charge in [0.2, 0.25) is 5.91 Å². The van der Waals surface area contributed by atoms with Crippen LogP contribution in [-0.2, 0) is 4.79 Å². The Labute approximate surface area is 121 Å². The molecule has 1 aromatic rings. The minimum absolute atomic E-state index is 0.00000567. The topological polar surface area (TPSA) is 41.6 Å². The number of carbonyl (C=O) groups is 1. The maximum Gasteiger partial charge on any atom is 0.238 e. The van der Waals surface area contributed by atoms with Crippen molar-refractivity contribution in [2.24, 2.45) is 0 Å². The second-order valence-corrected chi connectivity index (χ2v) is 5.91. The van der Waals surface area contributed by atoms with E-state index >= 15 is 0 Å². The van der Waals surface area contributed by atoms with Gasteiger partial charge in [-0.25, -0.2) is 0 Å². The van der Waals surface area contributed by atoms with E-state index in [0.717, 1.165) is 35.2 Å². The van der Waals surface area contributed by atoms with Crippen LogP contribution in [0.3, 0.4) is 0 Å². The molecule has 1 aromatic carbocycles. The van der Waals surface area contributed by atoms with Crippen LogP contribution in [0, 0.1) is 0 Å². The van der Waals surface area contributed by atoms with Gasteiger partial charge in [0.05, 0.1) is 17.6 Å². The second kappa shape index (κ2) is 5.13. The van der Waals surface area contributed by atoms with Gasteiger partial charge in [-0.3, -0.25) is 9.69 Å². The number of nitrogens with one attached hydrogen (secondary N) is 1.